The smallest absolute Gasteiger partial charge is 0.406 e. The van der Waals surface area contributed by atoms with E-state index in [2.05, 4.69) is 10.1 Å². The van der Waals surface area contributed by atoms with Crippen molar-refractivity contribution in [2.24, 2.45) is 0 Å². The maximum atomic E-state index is 12.7. The predicted octanol–water partition coefficient (Wildman–Crippen LogP) is 3.43. The largest absolute Gasteiger partial charge is 0.573 e. The van der Waals surface area contributed by atoms with Gasteiger partial charge in [0.1, 0.15) is 17.5 Å². The zero-order valence-corrected chi connectivity index (χ0v) is 15.2. The van der Waals surface area contributed by atoms with Crippen LogP contribution in [0.25, 0.3) is 0 Å². The lowest BCUT2D eigenvalue weighted by Gasteiger charge is -2.39. The lowest BCUT2D eigenvalue weighted by Crippen LogP contribution is -2.52. The van der Waals surface area contributed by atoms with Gasteiger partial charge in [0.25, 0.3) is 0 Å². The zero-order valence-electron chi connectivity index (χ0n) is 14.4. The fourth-order valence-corrected chi connectivity index (χ4v) is 3.17. The molecule has 0 bridgehead atoms. The van der Waals surface area contributed by atoms with Crippen molar-refractivity contribution in [1.82, 2.24) is 5.32 Å². The summed E-state index contributed by atoms with van der Waals surface area (Å²) < 4.78 is 48.0. The van der Waals surface area contributed by atoms with Gasteiger partial charge in [0.2, 0.25) is 0 Å². The molecule has 0 saturated carbocycles. The van der Waals surface area contributed by atoms with Crippen molar-refractivity contribution in [1.29, 1.82) is 0 Å². The molecule has 1 fully saturated rings. The van der Waals surface area contributed by atoms with Crippen LogP contribution in [0.2, 0.25) is 0 Å². The zero-order chi connectivity index (χ0) is 18.6. The Morgan fingerprint density at radius 3 is 2.37 bits per heavy atom. The third kappa shape index (κ3) is 5.35. The van der Waals surface area contributed by atoms with E-state index in [1.807, 2.05) is 6.07 Å². The molecule has 0 unspecified atom stereocenters. The molecule has 0 aliphatic carbocycles. The first-order valence-corrected chi connectivity index (χ1v) is 8.32. The average Bonchev–Trinajstić information content (AvgIpc) is 2.63. The first kappa shape index (κ1) is 21.5. The Hall–Kier alpha value is -1.80. The Labute approximate surface area is 161 Å². The number of nitrogens with one attached hydrogen (secondary N) is 1. The molecule has 8 heteroatoms. The third-order valence-electron chi connectivity index (χ3n) is 4.39. The monoisotopic (exact) mass is 403 g/mol. The summed E-state index contributed by atoms with van der Waals surface area (Å²) in [7, 11) is 0. The van der Waals surface area contributed by atoms with Gasteiger partial charge in [-0.15, -0.1) is 25.6 Å². The SMILES string of the molecule is Cl.O[C@@](Cc1ccccc1OC(F)(F)F)(c1ccccc1)[C@H]1CNCCO1. The number of hydrogen-bond donors (Lipinski definition) is 2. The highest BCUT2D eigenvalue weighted by molar-refractivity contribution is 5.85. The second kappa shape index (κ2) is 8.93. The van der Waals surface area contributed by atoms with Gasteiger partial charge in [-0.2, -0.15) is 0 Å². The molecular formula is C19H21ClF3NO3. The Balaban J connectivity index is 0.00000261. The minimum atomic E-state index is -4.80. The van der Waals surface area contributed by atoms with E-state index in [0.717, 1.165) is 0 Å². The second-order valence-corrected chi connectivity index (χ2v) is 6.19. The molecule has 0 aromatic heterocycles. The lowest BCUT2D eigenvalue weighted by atomic mass is 9.81. The summed E-state index contributed by atoms with van der Waals surface area (Å²) in [6, 6.07) is 14.7. The number of para-hydroxylation sites is 1. The molecule has 3 rings (SSSR count). The van der Waals surface area contributed by atoms with E-state index in [4.69, 9.17) is 4.74 Å². The van der Waals surface area contributed by atoms with Gasteiger partial charge < -0.3 is 19.9 Å². The van der Waals surface area contributed by atoms with Crippen LogP contribution in [0.1, 0.15) is 11.1 Å². The molecule has 0 radical (unpaired) electrons. The van der Waals surface area contributed by atoms with Crippen LogP contribution in [0.15, 0.2) is 54.6 Å². The lowest BCUT2D eigenvalue weighted by molar-refractivity contribution is -0.275. The van der Waals surface area contributed by atoms with E-state index in [0.29, 0.717) is 25.3 Å². The van der Waals surface area contributed by atoms with Crippen molar-refractivity contribution in [2.75, 3.05) is 19.7 Å². The van der Waals surface area contributed by atoms with Crippen molar-refractivity contribution < 1.29 is 27.8 Å². The molecule has 2 atom stereocenters. The van der Waals surface area contributed by atoms with Crippen LogP contribution in [0.4, 0.5) is 13.2 Å². The molecular weight excluding hydrogens is 383 g/mol. The number of aliphatic hydroxyl groups is 1. The second-order valence-electron chi connectivity index (χ2n) is 6.19. The summed E-state index contributed by atoms with van der Waals surface area (Å²) in [5.74, 6) is -0.321. The molecule has 4 nitrogen and oxygen atoms in total. The molecule has 2 N–H and O–H groups in total. The molecule has 0 amide bonds. The Bertz CT molecular complexity index is 724. The van der Waals surface area contributed by atoms with Crippen molar-refractivity contribution in [3.63, 3.8) is 0 Å². The van der Waals surface area contributed by atoms with Crippen LogP contribution in [-0.2, 0) is 16.8 Å². The Kier molecular flexibility index (Phi) is 7.11. The fraction of sp³-hybridized carbons (Fsp3) is 0.368. The summed E-state index contributed by atoms with van der Waals surface area (Å²) in [6.07, 6.45) is -5.47. The summed E-state index contributed by atoms with van der Waals surface area (Å²) in [4.78, 5) is 0. The quantitative estimate of drug-likeness (QED) is 0.803. The van der Waals surface area contributed by atoms with E-state index < -0.39 is 18.1 Å². The third-order valence-corrected chi connectivity index (χ3v) is 4.39. The number of alkyl halides is 3. The Morgan fingerprint density at radius 2 is 1.74 bits per heavy atom. The highest BCUT2D eigenvalue weighted by Crippen LogP contribution is 2.36. The summed E-state index contributed by atoms with van der Waals surface area (Å²) in [5, 5.41) is 14.6. The number of hydrogen-bond acceptors (Lipinski definition) is 4. The molecule has 1 aliphatic heterocycles. The van der Waals surface area contributed by atoms with Crippen molar-refractivity contribution >= 4 is 12.4 Å². The highest BCUT2D eigenvalue weighted by Gasteiger charge is 2.41. The molecule has 27 heavy (non-hydrogen) atoms. The van der Waals surface area contributed by atoms with Gasteiger partial charge in [-0.1, -0.05) is 48.5 Å². The maximum Gasteiger partial charge on any atom is 0.573 e. The van der Waals surface area contributed by atoms with Crippen LogP contribution in [0.5, 0.6) is 5.75 Å². The van der Waals surface area contributed by atoms with Gasteiger partial charge in [-0.25, -0.2) is 0 Å². The topological polar surface area (TPSA) is 50.7 Å². The molecule has 1 saturated heterocycles. The molecule has 0 spiro atoms. The first-order valence-electron chi connectivity index (χ1n) is 8.32. The summed E-state index contributed by atoms with van der Waals surface area (Å²) in [6.45, 7) is 1.48. The normalized spacial score (nSPS) is 19.6. The number of ether oxygens (including phenoxy) is 2. The molecule has 2 aromatic carbocycles. The number of halogens is 4. The number of morpholine rings is 1. The summed E-state index contributed by atoms with van der Waals surface area (Å²) >= 11 is 0. The Morgan fingerprint density at radius 1 is 1.07 bits per heavy atom. The molecule has 1 aliphatic rings. The van der Waals surface area contributed by atoms with Crippen molar-refractivity contribution in [2.45, 2.75) is 24.5 Å². The average molecular weight is 404 g/mol. The molecule has 148 valence electrons. The van der Waals surface area contributed by atoms with Gasteiger partial charge in [-0.3, -0.25) is 0 Å². The van der Waals surface area contributed by atoms with Gasteiger partial charge >= 0.3 is 6.36 Å². The minimum absolute atomic E-state index is 0. The van der Waals surface area contributed by atoms with E-state index >= 15 is 0 Å². The van der Waals surface area contributed by atoms with Crippen molar-refractivity contribution in [3.8, 4) is 5.75 Å². The van der Waals surface area contributed by atoms with Gasteiger partial charge in [0, 0.05) is 19.5 Å². The van der Waals surface area contributed by atoms with E-state index in [-0.39, 0.29) is 30.1 Å². The van der Waals surface area contributed by atoms with Crippen LogP contribution in [0.3, 0.4) is 0 Å². The van der Waals surface area contributed by atoms with Crippen LogP contribution in [0, 0.1) is 0 Å². The van der Waals surface area contributed by atoms with Crippen LogP contribution in [-0.4, -0.2) is 37.3 Å². The minimum Gasteiger partial charge on any atom is -0.406 e. The summed E-state index contributed by atoms with van der Waals surface area (Å²) in [5.41, 5.74) is -0.666. The highest BCUT2D eigenvalue weighted by atomic mass is 35.5. The van der Waals surface area contributed by atoms with E-state index in [9.17, 15) is 18.3 Å². The first-order chi connectivity index (χ1) is 12.4. The maximum absolute atomic E-state index is 12.7. The van der Waals surface area contributed by atoms with Crippen LogP contribution >= 0.6 is 12.4 Å². The van der Waals surface area contributed by atoms with E-state index in [1.165, 1.54) is 18.2 Å². The molecule has 1 heterocycles. The van der Waals surface area contributed by atoms with Crippen LogP contribution < -0.4 is 10.1 Å². The number of rotatable bonds is 5. The number of benzene rings is 2. The van der Waals surface area contributed by atoms with Gasteiger partial charge in [0.05, 0.1) is 6.61 Å². The van der Waals surface area contributed by atoms with E-state index in [1.54, 1.807) is 30.3 Å². The predicted molar refractivity (Wildman–Crippen MR) is 97.0 cm³/mol. The fourth-order valence-electron chi connectivity index (χ4n) is 3.17. The van der Waals surface area contributed by atoms with Gasteiger partial charge in [0.15, 0.2) is 0 Å². The van der Waals surface area contributed by atoms with Crippen molar-refractivity contribution in [3.05, 3.63) is 65.7 Å². The van der Waals surface area contributed by atoms with Gasteiger partial charge in [-0.05, 0) is 17.2 Å². The standard InChI is InChI=1S/C19H20F3NO3.ClH/c20-19(21,22)26-16-9-5-4-6-14(16)12-18(24,15-7-2-1-3-8-15)17-13-23-10-11-25-17;/h1-9,17,23-24H,10-13H2;1H/t17-,18+;/m1./s1. The molecule has 2 aromatic rings.